The molecule has 0 bridgehead atoms. The second-order valence-electron chi connectivity index (χ2n) is 6.23. The number of anilines is 1. The van der Waals surface area contributed by atoms with Crippen molar-refractivity contribution >= 4 is 34.1 Å². The minimum Gasteiger partial charge on any atom is -0.343 e. The molecule has 0 spiro atoms. The van der Waals surface area contributed by atoms with Gasteiger partial charge in [0.25, 0.3) is 5.91 Å². The van der Waals surface area contributed by atoms with Crippen molar-refractivity contribution in [1.82, 2.24) is 4.57 Å². The highest BCUT2D eigenvalue weighted by Gasteiger charge is 2.24. The van der Waals surface area contributed by atoms with E-state index in [1.54, 1.807) is 12.3 Å². The minimum atomic E-state index is -0.569. The highest BCUT2D eigenvalue weighted by Crippen LogP contribution is 2.31. The lowest BCUT2D eigenvalue weighted by molar-refractivity contribution is 0.102. The molecule has 1 atom stereocenters. The molecule has 4 nitrogen and oxygen atoms in total. The topological polar surface area (TPSA) is 51.1 Å². The fraction of sp³-hybridized carbons (Fsp3) is 0.158. The molecule has 1 amide bonds. The van der Waals surface area contributed by atoms with Crippen molar-refractivity contribution in [2.45, 2.75) is 19.4 Å². The number of aromatic nitrogens is 1. The number of nitrogens with one attached hydrogen (secondary N) is 1. The van der Waals surface area contributed by atoms with E-state index in [4.69, 9.17) is 11.6 Å². The summed E-state index contributed by atoms with van der Waals surface area (Å²) < 4.78 is 15.2. The molecular weight excluding hydrogens is 343 g/mol. The number of rotatable bonds is 2. The van der Waals surface area contributed by atoms with Gasteiger partial charge in [-0.15, -0.1) is 0 Å². The van der Waals surface area contributed by atoms with Crippen LogP contribution in [0, 0.1) is 5.82 Å². The van der Waals surface area contributed by atoms with Crippen LogP contribution < -0.4 is 10.7 Å². The van der Waals surface area contributed by atoms with Crippen LogP contribution in [0.2, 0.25) is 5.02 Å². The first-order valence-corrected chi connectivity index (χ1v) is 8.26. The van der Waals surface area contributed by atoms with Gasteiger partial charge in [-0.05, 0) is 43.2 Å². The molecule has 1 N–H and O–H groups in total. The van der Waals surface area contributed by atoms with Gasteiger partial charge in [0.2, 0.25) is 5.43 Å². The van der Waals surface area contributed by atoms with Gasteiger partial charge in [-0.25, -0.2) is 4.39 Å². The SMILES string of the molecule is C[C@@H]1Cc2cccc3c(=O)c(C(=O)Nc4ccc(F)c(Cl)c4)cn1c23. The predicted molar refractivity (Wildman–Crippen MR) is 96.0 cm³/mol. The summed E-state index contributed by atoms with van der Waals surface area (Å²) >= 11 is 5.73. The average molecular weight is 357 g/mol. The smallest absolute Gasteiger partial charge is 0.261 e. The molecule has 126 valence electrons. The molecule has 3 aromatic rings. The molecule has 6 heteroatoms. The van der Waals surface area contributed by atoms with Crippen LogP contribution >= 0.6 is 11.6 Å². The summed E-state index contributed by atoms with van der Waals surface area (Å²) in [5, 5.41) is 3.05. The summed E-state index contributed by atoms with van der Waals surface area (Å²) in [6.45, 7) is 2.05. The number of para-hydroxylation sites is 1. The summed E-state index contributed by atoms with van der Waals surface area (Å²) in [4.78, 5) is 25.4. The number of amides is 1. The Labute approximate surface area is 147 Å². The van der Waals surface area contributed by atoms with Gasteiger partial charge in [0.1, 0.15) is 11.4 Å². The molecule has 0 unspecified atom stereocenters. The van der Waals surface area contributed by atoms with Gasteiger partial charge in [0, 0.05) is 23.3 Å². The number of pyridine rings is 1. The van der Waals surface area contributed by atoms with Crippen LogP contribution in [-0.2, 0) is 6.42 Å². The number of halogens is 2. The highest BCUT2D eigenvalue weighted by atomic mass is 35.5. The van der Waals surface area contributed by atoms with Crippen LogP contribution in [0.15, 0.2) is 47.4 Å². The Bertz CT molecular complexity index is 1090. The third-order valence-corrected chi connectivity index (χ3v) is 4.84. The van der Waals surface area contributed by atoms with Crippen LogP contribution in [0.1, 0.15) is 28.9 Å². The van der Waals surface area contributed by atoms with Crippen LogP contribution in [-0.4, -0.2) is 10.5 Å². The Kier molecular flexibility index (Phi) is 3.62. The third kappa shape index (κ3) is 2.51. The molecule has 2 aromatic carbocycles. The Morgan fingerprint density at radius 1 is 1.32 bits per heavy atom. The van der Waals surface area contributed by atoms with Crippen LogP contribution in [0.5, 0.6) is 0 Å². The molecule has 0 saturated heterocycles. The summed E-state index contributed by atoms with van der Waals surface area (Å²) in [7, 11) is 0. The Balaban J connectivity index is 1.80. The highest BCUT2D eigenvalue weighted by molar-refractivity contribution is 6.31. The predicted octanol–water partition coefficient (Wildman–Crippen LogP) is 4.16. The molecule has 1 aliphatic rings. The number of carbonyl (C=O) groups excluding carboxylic acids is 1. The molecule has 0 saturated carbocycles. The van der Waals surface area contributed by atoms with Crippen molar-refractivity contribution in [2.24, 2.45) is 0 Å². The van der Waals surface area contributed by atoms with Gasteiger partial charge < -0.3 is 9.88 Å². The molecule has 1 aromatic heterocycles. The molecule has 4 rings (SSSR count). The van der Waals surface area contributed by atoms with E-state index in [0.29, 0.717) is 11.1 Å². The number of nitrogens with zero attached hydrogens (tertiary/aromatic N) is 1. The first-order chi connectivity index (χ1) is 12.0. The maximum atomic E-state index is 13.2. The summed E-state index contributed by atoms with van der Waals surface area (Å²) in [6, 6.07) is 9.63. The van der Waals surface area contributed by atoms with Gasteiger partial charge in [-0.3, -0.25) is 9.59 Å². The average Bonchev–Trinajstić information content (AvgIpc) is 2.90. The summed E-state index contributed by atoms with van der Waals surface area (Å²) in [5.74, 6) is -1.11. The van der Waals surface area contributed by atoms with Gasteiger partial charge >= 0.3 is 0 Å². The largest absolute Gasteiger partial charge is 0.343 e. The van der Waals surface area contributed by atoms with Crippen molar-refractivity contribution in [2.75, 3.05) is 5.32 Å². The molecule has 2 heterocycles. The molecule has 1 aliphatic heterocycles. The van der Waals surface area contributed by atoms with Crippen molar-refractivity contribution in [1.29, 1.82) is 0 Å². The first-order valence-electron chi connectivity index (χ1n) is 7.89. The molecule has 0 aliphatic carbocycles. The molecular formula is C19H14ClFN2O2. The fourth-order valence-corrected chi connectivity index (χ4v) is 3.53. The molecule has 0 fully saturated rings. The summed E-state index contributed by atoms with van der Waals surface area (Å²) in [6.07, 6.45) is 2.43. The van der Waals surface area contributed by atoms with E-state index in [1.807, 2.05) is 23.6 Å². The Hall–Kier alpha value is -2.66. The van der Waals surface area contributed by atoms with Crippen molar-refractivity contribution in [3.05, 3.63) is 74.8 Å². The van der Waals surface area contributed by atoms with E-state index >= 15 is 0 Å². The zero-order chi connectivity index (χ0) is 17.7. The van der Waals surface area contributed by atoms with E-state index in [9.17, 15) is 14.0 Å². The Morgan fingerprint density at radius 3 is 2.88 bits per heavy atom. The quantitative estimate of drug-likeness (QED) is 0.749. The van der Waals surface area contributed by atoms with Crippen molar-refractivity contribution in [3.63, 3.8) is 0 Å². The number of benzene rings is 2. The van der Waals surface area contributed by atoms with E-state index in [-0.39, 0.29) is 22.1 Å². The lowest BCUT2D eigenvalue weighted by atomic mass is 10.1. The monoisotopic (exact) mass is 356 g/mol. The number of hydrogen-bond acceptors (Lipinski definition) is 2. The summed E-state index contributed by atoms with van der Waals surface area (Å²) in [5.41, 5.74) is 2.08. The number of hydrogen-bond donors (Lipinski definition) is 1. The first kappa shape index (κ1) is 15.8. The fourth-order valence-electron chi connectivity index (χ4n) is 3.35. The zero-order valence-electron chi connectivity index (χ0n) is 13.3. The lowest BCUT2D eigenvalue weighted by Crippen LogP contribution is -2.23. The second-order valence-corrected chi connectivity index (χ2v) is 6.64. The van der Waals surface area contributed by atoms with Gasteiger partial charge in [0.15, 0.2) is 0 Å². The van der Waals surface area contributed by atoms with Crippen molar-refractivity contribution in [3.8, 4) is 0 Å². The van der Waals surface area contributed by atoms with Crippen LogP contribution in [0.3, 0.4) is 0 Å². The maximum Gasteiger partial charge on any atom is 0.261 e. The van der Waals surface area contributed by atoms with Gasteiger partial charge in [-0.1, -0.05) is 23.7 Å². The minimum absolute atomic E-state index is 0.0545. The molecule has 0 radical (unpaired) electrons. The van der Waals surface area contributed by atoms with E-state index in [0.717, 1.165) is 17.5 Å². The van der Waals surface area contributed by atoms with E-state index < -0.39 is 11.7 Å². The van der Waals surface area contributed by atoms with E-state index in [1.165, 1.54) is 18.2 Å². The van der Waals surface area contributed by atoms with Crippen molar-refractivity contribution < 1.29 is 9.18 Å². The standard InChI is InChI=1S/C19H14ClFN2O2/c1-10-7-11-3-2-4-13-17(11)23(10)9-14(18(13)24)19(25)22-12-5-6-16(21)15(20)8-12/h2-6,8-10H,7H2,1H3,(H,22,25)/t10-/m1/s1. The molecule has 25 heavy (non-hydrogen) atoms. The maximum absolute atomic E-state index is 13.2. The van der Waals surface area contributed by atoms with Gasteiger partial charge in [0.05, 0.1) is 10.5 Å². The van der Waals surface area contributed by atoms with Crippen LogP contribution in [0.25, 0.3) is 10.9 Å². The second kappa shape index (κ2) is 5.70. The van der Waals surface area contributed by atoms with E-state index in [2.05, 4.69) is 5.32 Å². The third-order valence-electron chi connectivity index (χ3n) is 4.55. The lowest BCUT2D eigenvalue weighted by Gasteiger charge is -2.13. The normalized spacial score (nSPS) is 15.6. The van der Waals surface area contributed by atoms with Crippen LogP contribution in [0.4, 0.5) is 10.1 Å². The number of carbonyl (C=O) groups is 1. The zero-order valence-corrected chi connectivity index (χ0v) is 14.1. The Morgan fingerprint density at radius 2 is 2.12 bits per heavy atom. The van der Waals surface area contributed by atoms with Gasteiger partial charge in [-0.2, -0.15) is 0 Å².